The van der Waals surface area contributed by atoms with Crippen LogP contribution in [0.1, 0.15) is 64.0 Å². The number of morpholine rings is 1. The molecule has 3 heterocycles. The number of nitrogens with one attached hydrogen (secondary N) is 3. The maximum atomic E-state index is 13.9. The lowest BCUT2D eigenvalue weighted by molar-refractivity contribution is -0.129. The van der Waals surface area contributed by atoms with Crippen LogP contribution in [0.25, 0.3) is 11.1 Å². The smallest absolute Gasteiger partial charge is 0.407 e. The highest BCUT2D eigenvalue weighted by molar-refractivity contribution is 6.12. The third-order valence-corrected chi connectivity index (χ3v) is 9.79. The highest BCUT2D eigenvalue weighted by atomic mass is 16.6. The van der Waals surface area contributed by atoms with Gasteiger partial charge in [-0.05, 0) is 94.2 Å². The summed E-state index contributed by atoms with van der Waals surface area (Å²) >= 11 is 0. The van der Waals surface area contributed by atoms with Crippen molar-refractivity contribution in [3.05, 3.63) is 72.1 Å². The van der Waals surface area contributed by atoms with E-state index in [1.54, 1.807) is 24.3 Å². The van der Waals surface area contributed by atoms with Crippen LogP contribution in [-0.2, 0) is 30.3 Å². The van der Waals surface area contributed by atoms with Gasteiger partial charge in [0.1, 0.15) is 23.8 Å². The molecular weight excluding hydrogens is 674 g/mol. The van der Waals surface area contributed by atoms with Crippen molar-refractivity contribution in [1.82, 2.24) is 20.6 Å². The largest absolute Gasteiger partial charge is 0.444 e. The van der Waals surface area contributed by atoms with Crippen LogP contribution in [0.15, 0.2) is 65.9 Å². The number of anilines is 2. The number of amidine groups is 1. The minimum atomic E-state index is -0.609. The molecule has 6 rings (SSSR count). The highest BCUT2D eigenvalue weighted by Crippen LogP contribution is 2.32. The number of carbonyl (C=O) groups excluding carboxylic acids is 4. The maximum absolute atomic E-state index is 13.9. The normalized spacial score (nSPS) is 19.5. The summed E-state index contributed by atoms with van der Waals surface area (Å²) in [6, 6.07) is 15.1. The number of ketones is 1. The van der Waals surface area contributed by atoms with E-state index in [2.05, 4.69) is 35.8 Å². The first-order valence-corrected chi connectivity index (χ1v) is 18.5. The van der Waals surface area contributed by atoms with E-state index >= 15 is 0 Å². The van der Waals surface area contributed by atoms with Gasteiger partial charge in [-0.15, -0.1) is 0 Å². The lowest BCUT2D eigenvalue weighted by Gasteiger charge is -2.29. The van der Waals surface area contributed by atoms with Gasteiger partial charge >= 0.3 is 6.09 Å². The van der Waals surface area contributed by atoms with Gasteiger partial charge in [-0.25, -0.2) is 14.8 Å². The number of rotatable bonds is 12. The number of alkyl carbamates (subject to hydrolysis) is 1. The van der Waals surface area contributed by atoms with Crippen molar-refractivity contribution in [2.45, 2.75) is 64.9 Å². The Kier molecular flexibility index (Phi) is 12.1. The number of carbonyl (C=O) groups is 4. The first-order chi connectivity index (χ1) is 25.5. The fourth-order valence-electron chi connectivity index (χ4n) is 6.94. The molecule has 0 unspecified atom stereocenters. The molecule has 53 heavy (non-hydrogen) atoms. The lowest BCUT2D eigenvalue weighted by atomic mass is 9.77. The molecule has 3 aromatic rings. The first kappa shape index (κ1) is 37.6. The van der Waals surface area contributed by atoms with E-state index < -0.39 is 17.6 Å². The van der Waals surface area contributed by atoms with Gasteiger partial charge in [-0.1, -0.05) is 24.3 Å². The maximum Gasteiger partial charge on any atom is 0.407 e. The summed E-state index contributed by atoms with van der Waals surface area (Å²) in [5.41, 5.74) is 3.49. The lowest BCUT2D eigenvalue weighted by Crippen LogP contribution is -2.37. The van der Waals surface area contributed by atoms with Crippen LogP contribution in [0, 0.1) is 17.8 Å². The minimum Gasteiger partial charge on any atom is -0.444 e. The molecule has 0 radical (unpaired) electrons. The van der Waals surface area contributed by atoms with Crippen LogP contribution in [0.3, 0.4) is 0 Å². The van der Waals surface area contributed by atoms with E-state index in [4.69, 9.17) is 9.47 Å². The van der Waals surface area contributed by atoms with Gasteiger partial charge in [0, 0.05) is 67.1 Å². The zero-order chi connectivity index (χ0) is 37.4. The Morgan fingerprint density at radius 1 is 0.962 bits per heavy atom. The molecule has 3 aliphatic rings. The van der Waals surface area contributed by atoms with Gasteiger partial charge < -0.3 is 30.3 Å². The van der Waals surface area contributed by atoms with Crippen LogP contribution >= 0.6 is 0 Å². The van der Waals surface area contributed by atoms with E-state index in [-0.39, 0.29) is 42.4 Å². The number of ether oxygens (including phenoxy) is 2. The van der Waals surface area contributed by atoms with Crippen molar-refractivity contribution in [2.24, 2.45) is 22.7 Å². The molecule has 13 heteroatoms. The van der Waals surface area contributed by atoms with Crippen molar-refractivity contribution >= 4 is 41.2 Å². The predicted molar refractivity (Wildman–Crippen MR) is 202 cm³/mol. The highest BCUT2D eigenvalue weighted by Gasteiger charge is 2.31. The molecule has 2 aliphatic heterocycles. The number of nitrogens with zero attached hydrogens (tertiary/aromatic N) is 4. The third kappa shape index (κ3) is 10.7. The predicted octanol–water partition coefficient (Wildman–Crippen LogP) is 4.94. The Morgan fingerprint density at radius 2 is 1.68 bits per heavy atom. The first-order valence-electron chi connectivity index (χ1n) is 18.5. The Hall–Kier alpha value is -5.17. The molecule has 1 atom stereocenters. The topological polar surface area (TPSA) is 164 Å². The summed E-state index contributed by atoms with van der Waals surface area (Å²) < 4.78 is 10.8. The van der Waals surface area contributed by atoms with Gasteiger partial charge in [0.05, 0.1) is 13.2 Å². The molecule has 3 N–H and O–H groups in total. The Morgan fingerprint density at radius 3 is 2.34 bits per heavy atom. The zero-order valence-corrected chi connectivity index (χ0v) is 30.7. The van der Waals surface area contributed by atoms with E-state index in [9.17, 15) is 19.2 Å². The molecule has 2 aromatic carbocycles. The summed E-state index contributed by atoms with van der Waals surface area (Å²) in [7, 11) is 0. The van der Waals surface area contributed by atoms with E-state index in [0.717, 1.165) is 48.2 Å². The number of hydrogen-bond donors (Lipinski definition) is 3. The second-order valence-electron chi connectivity index (χ2n) is 15.0. The van der Waals surface area contributed by atoms with E-state index in [0.29, 0.717) is 56.5 Å². The van der Waals surface area contributed by atoms with Crippen molar-refractivity contribution < 1.29 is 28.7 Å². The standard InChI is InChI=1S/C40H49N7O6/c1-40(2,3)53-39(51)44-22-26-7-9-28(10-8-26)34(48)21-31(37(50)45-33-13-11-29(12-14-33)36-41-25-35(49)46-36)20-27-5-4-6-30(19-27)32-23-42-38(43-24-32)47-15-17-52-18-16-47/h4-6,11-14,19,23-24,26,28,31H,7-10,15-18,20-22,25H2,1-3H3,(H,44,51)(H,45,50)(H,41,46,49)/t26?,28?,31-/m1/s1. The number of benzene rings is 2. The quantitative estimate of drug-likeness (QED) is 0.235. The molecule has 280 valence electrons. The molecular formula is C40H49N7O6. The molecule has 1 saturated carbocycles. The van der Waals surface area contributed by atoms with Crippen molar-refractivity contribution in [1.29, 1.82) is 0 Å². The second kappa shape index (κ2) is 17.1. The Balaban J connectivity index is 1.12. The van der Waals surface area contributed by atoms with Crippen molar-refractivity contribution in [3.63, 3.8) is 0 Å². The fraction of sp³-hybridized carbons (Fsp3) is 0.475. The molecule has 1 saturated heterocycles. The Bertz CT molecular complexity index is 1790. The average molecular weight is 724 g/mol. The zero-order valence-electron chi connectivity index (χ0n) is 30.7. The average Bonchev–Trinajstić information content (AvgIpc) is 3.60. The molecule has 0 spiro atoms. The molecule has 0 bridgehead atoms. The van der Waals surface area contributed by atoms with Crippen molar-refractivity contribution in [2.75, 3.05) is 49.6 Å². The summed E-state index contributed by atoms with van der Waals surface area (Å²) in [5, 5.41) is 8.63. The molecule has 3 amide bonds. The molecule has 1 aliphatic carbocycles. The monoisotopic (exact) mass is 723 g/mol. The van der Waals surface area contributed by atoms with E-state index in [1.807, 2.05) is 57.4 Å². The van der Waals surface area contributed by atoms with Crippen LogP contribution < -0.4 is 20.9 Å². The van der Waals surface area contributed by atoms with Crippen LogP contribution in [0.2, 0.25) is 0 Å². The summed E-state index contributed by atoms with van der Waals surface area (Å²) in [4.78, 5) is 67.0. The van der Waals surface area contributed by atoms with Crippen molar-refractivity contribution in [3.8, 4) is 11.1 Å². The van der Waals surface area contributed by atoms with Gasteiger partial charge in [0.2, 0.25) is 17.8 Å². The van der Waals surface area contributed by atoms with Crippen LogP contribution in [0.4, 0.5) is 16.4 Å². The number of aromatic nitrogens is 2. The summed E-state index contributed by atoms with van der Waals surface area (Å²) in [6.45, 7) is 8.91. The van der Waals surface area contributed by atoms with Crippen LogP contribution in [0.5, 0.6) is 0 Å². The van der Waals surface area contributed by atoms with Gasteiger partial charge in [0.15, 0.2) is 0 Å². The molecule has 1 aromatic heterocycles. The SMILES string of the molecule is CC(C)(C)OC(=O)NCC1CCC(C(=O)C[C@@H](Cc2cccc(-c3cnc(N4CCOCC4)nc3)c2)C(=O)Nc2ccc(C3=NCC(=O)N3)cc2)CC1. The number of aliphatic imine (C=N–C) groups is 1. The minimum absolute atomic E-state index is 0.0808. The fourth-order valence-corrected chi connectivity index (χ4v) is 6.94. The number of Topliss-reactive ketones (excluding diaryl/α,β-unsaturated/α-hetero) is 1. The van der Waals surface area contributed by atoms with Gasteiger partial charge in [0.25, 0.3) is 0 Å². The number of amides is 3. The third-order valence-electron chi connectivity index (χ3n) is 9.79. The summed E-state index contributed by atoms with van der Waals surface area (Å²) in [5.74, 6) is 0.386. The van der Waals surface area contributed by atoms with Crippen LogP contribution in [-0.4, -0.2) is 84.5 Å². The van der Waals surface area contributed by atoms with Gasteiger partial charge in [-0.3, -0.25) is 19.4 Å². The summed E-state index contributed by atoms with van der Waals surface area (Å²) in [6.07, 6.45) is 6.74. The molecule has 2 fully saturated rings. The number of hydrogen-bond acceptors (Lipinski definition) is 10. The molecule has 13 nitrogen and oxygen atoms in total. The second-order valence-corrected chi connectivity index (χ2v) is 15.0. The van der Waals surface area contributed by atoms with E-state index in [1.165, 1.54) is 0 Å². The van der Waals surface area contributed by atoms with Gasteiger partial charge in [-0.2, -0.15) is 0 Å². The Labute approximate surface area is 310 Å².